The molecule has 0 radical (unpaired) electrons. The summed E-state index contributed by atoms with van der Waals surface area (Å²) in [6.07, 6.45) is 0.921. The maximum absolute atomic E-state index is 12.1. The van der Waals surface area contributed by atoms with Gasteiger partial charge in [0.2, 0.25) is 0 Å². The van der Waals surface area contributed by atoms with E-state index >= 15 is 0 Å². The van der Waals surface area contributed by atoms with Crippen LogP contribution in [0.5, 0.6) is 0 Å². The van der Waals surface area contributed by atoms with Crippen LogP contribution in [0.15, 0.2) is 18.2 Å². The Morgan fingerprint density at radius 1 is 1.50 bits per heavy atom. The molecule has 2 N–H and O–H groups in total. The number of carbonyl (C=O) groups is 1. The second-order valence-electron chi connectivity index (χ2n) is 4.32. The third-order valence-electron chi connectivity index (χ3n) is 3.12. The van der Waals surface area contributed by atoms with E-state index < -0.39 is 0 Å². The molecule has 0 atom stereocenters. The molecule has 0 saturated heterocycles. The molecule has 1 aromatic carbocycles. The van der Waals surface area contributed by atoms with Crippen molar-refractivity contribution in [1.29, 1.82) is 0 Å². The van der Waals surface area contributed by atoms with E-state index in [1.165, 1.54) is 11.1 Å². The summed E-state index contributed by atoms with van der Waals surface area (Å²) in [6, 6.07) is 5.93. The molecule has 0 spiro atoms. The van der Waals surface area contributed by atoms with Gasteiger partial charge >= 0.3 is 0 Å². The summed E-state index contributed by atoms with van der Waals surface area (Å²) in [5, 5.41) is 6.21. The highest BCUT2D eigenvalue weighted by Crippen LogP contribution is 2.18. The molecule has 0 fully saturated rings. The Bertz CT molecular complexity index is 418. The quantitative estimate of drug-likeness (QED) is 0.767. The number of fused-ring (bicyclic) bond motifs is 1. The molecule has 2 rings (SSSR count). The average Bonchev–Trinajstić information content (AvgIpc) is 2.43. The van der Waals surface area contributed by atoms with Gasteiger partial charge in [-0.3, -0.25) is 4.79 Å². The normalized spacial score (nSPS) is 14.1. The number of ether oxygens (including phenoxy) is 1. The minimum atomic E-state index is 0.00783. The Balaban J connectivity index is 2.01. The van der Waals surface area contributed by atoms with Gasteiger partial charge in [-0.05, 0) is 37.1 Å². The number of nitrogens with one attached hydrogen (secondary N) is 2. The molecule has 4 heteroatoms. The summed E-state index contributed by atoms with van der Waals surface area (Å²) < 4.78 is 5.21. The molecule has 98 valence electrons. The number of hydrogen-bond acceptors (Lipinski definition) is 3. The van der Waals surface area contributed by atoms with Gasteiger partial charge in [-0.1, -0.05) is 12.1 Å². The molecule has 0 saturated carbocycles. The van der Waals surface area contributed by atoms with Gasteiger partial charge < -0.3 is 15.4 Å². The first-order valence-corrected chi connectivity index (χ1v) is 6.50. The third-order valence-corrected chi connectivity index (χ3v) is 3.12. The maximum Gasteiger partial charge on any atom is 0.251 e. The molecule has 0 unspecified atom stereocenters. The molecule has 1 heterocycles. The number of hydrogen-bond donors (Lipinski definition) is 2. The van der Waals surface area contributed by atoms with E-state index in [1.807, 2.05) is 19.1 Å². The molecular weight excluding hydrogens is 228 g/mol. The van der Waals surface area contributed by atoms with Gasteiger partial charge in [0.1, 0.15) is 0 Å². The average molecular weight is 248 g/mol. The zero-order valence-electron chi connectivity index (χ0n) is 10.8. The Labute approximate surface area is 108 Å². The molecule has 18 heavy (non-hydrogen) atoms. The SMILES string of the molecule is CCOCCNC(=O)c1cccc2c1CCNC2. The lowest BCUT2D eigenvalue weighted by Gasteiger charge is -2.19. The molecule has 0 aromatic heterocycles. The number of benzene rings is 1. The molecule has 1 amide bonds. The van der Waals surface area contributed by atoms with Crippen molar-refractivity contribution >= 4 is 5.91 Å². The van der Waals surface area contributed by atoms with Crippen LogP contribution in [-0.4, -0.2) is 32.2 Å². The zero-order chi connectivity index (χ0) is 12.8. The van der Waals surface area contributed by atoms with Crippen LogP contribution < -0.4 is 10.6 Å². The van der Waals surface area contributed by atoms with Crippen molar-refractivity contribution in [2.45, 2.75) is 19.9 Å². The second-order valence-corrected chi connectivity index (χ2v) is 4.32. The van der Waals surface area contributed by atoms with Crippen LogP contribution in [0, 0.1) is 0 Å². The Hall–Kier alpha value is -1.39. The monoisotopic (exact) mass is 248 g/mol. The third kappa shape index (κ3) is 3.09. The smallest absolute Gasteiger partial charge is 0.251 e. The van der Waals surface area contributed by atoms with Crippen molar-refractivity contribution in [3.8, 4) is 0 Å². The van der Waals surface area contributed by atoms with Crippen molar-refractivity contribution in [2.75, 3.05) is 26.3 Å². The highest BCUT2D eigenvalue weighted by Gasteiger charge is 2.16. The lowest BCUT2D eigenvalue weighted by molar-refractivity contribution is 0.0921. The first kappa shape index (κ1) is 13.1. The predicted molar refractivity (Wildman–Crippen MR) is 70.7 cm³/mol. The Morgan fingerprint density at radius 2 is 2.39 bits per heavy atom. The highest BCUT2D eigenvalue weighted by atomic mass is 16.5. The number of amides is 1. The molecule has 0 aliphatic carbocycles. The second kappa shape index (κ2) is 6.52. The number of rotatable bonds is 5. The fraction of sp³-hybridized carbons (Fsp3) is 0.500. The van der Waals surface area contributed by atoms with Crippen LogP contribution in [0.3, 0.4) is 0 Å². The molecule has 1 aliphatic heterocycles. The van der Waals surface area contributed by atoms with Gasteiger partial charge in [-0.2, -0.15) is 0 Å². The fourth-order valence-electron chi connectivity index (χ4n) is 2.22. The zero-order valence-corrected chi connectivity index (χ0v) is 10.8. The van der Waals surface area contributed by atoms with E-state index in [-0.39, 0.29) is 5.91 Å². The van der Waals surface area contributed by atoms with E-state index in [2.05, 4.69) is 16.7 Å². The van der Waals surface area contributed by atoms with Crippen LogP contribution in [-0.2, 0) is 17.7 Å². The lowest BCUT2D eigenvalue weighted by Crippen LogP contribution is -2.31. The molecule has 4 nitrogen and oxygen atoms in total. The molecular formula is C14H20N2O2. The Kier molecular flexibility index (Phi) is 4.73. The van der Waals surface area contributed by atoms with E-state index in [1.54, 1.807) is 0 Å². The first-order valence-electron chi connectivity index (χ1n) is 6.50. The molecule has 0 bridgehead atoms. The van der Waals surface area contributed by atoms with E-state index in [4.69, 9.17) is 4.74 Å². The maximum atomic E-state index is 12.1. The summed E-state index contributed by atoms with van der Waals surface area (Å²) >= 11 is 0. The highest BCUT2D eigenvalue weighted by molar-refractivity contribution is 5.96. The first-order chi connectivity index (χ1) is 8.83. The van der Waals surface area contributed by atoms with Crippen molar-refractivity contribution in [1.82, 2.24) is 10.6 Å². The van der Waals surface area contributed by atoms with Crippen LogP contribution in [0.1, 0.15) is 28.4 Å². The Morgan fingerprint density at radius 3 is 3.22 bits per heavy atom. The van der Waals surface area contributed by atoms with E-state index in [9.17, 15) is 4.79 Å². The van der Waals surface area contributed by atoms with Gasteiger partial charge in [-0.25, -0.2) is 0 Å². The van der Waals surface area contributed by atoms with Gasteiger partial charge in [0.15, 0.2) is 0 Å². The van der Waals surface area contributed by atoms with Crippen molar-refractivity contribution in [3.63, 3.8) is 0 Å². The minimum absolute atomic E-state index is 0.00783. The summed E-state index contributed by atoms with van der Waals surface area (Å²) in [7, 11) is 0. The van der Waals surface area contributed by atoms with E-state index in [0.29, 0.717) is 19.8 Å². The van der Waals surface area contributed by atoms with Crippen LogP contribution in [0.2, 0.25) is 0 Å². The van der Waals surface area contributed by atoms with Crippen LogP contribution in [0.4, 0.5) is 0 Å². The largest absolute Gasteiger partial charge is 0.380 e. The fourth-order valence-corrected chi connectivity index (χ4v) is 2.22. The summed E-state index contributed by atoms with van der Waals surface area (Å²) in [4.78, 5) is 12.1. The van der Waals surface area contributed by atoms with Crippen molar-refractivity contribution in [2.24, 2.45) is 0 Å². The summed E-state index contributed by atoms with van der Waals surface area (Å²) in [5.41, 5.74) is 3.23. The van der Waals surface area contributed by atoms with Gasteiger partial charge in [0.25, 0.3) is 5.91 Å². The van der Waals surface area contributed by atoms with Crippen molar-refractivity contribution in [3.05, 3.63) is 34.9 Å². The van der Waals surface area contributed by atoms with E-state index in [0.717, 1.165) is 25.1 Å². The predicted octanol–water partition coefficient (Wildman–Crippen LogP) is 1.10. The van der Waals surface area contributed by atoms with Gasteiger partial charge in [-0.15, -0.1) is 0 Å². The van der Waals surface area contributed by atoms with Gasteiger partial charge in [0.05, 0.1) is 6.61 Å². The number of carbonyl (C=O) groups excluding carboxylic acids is 1. The molecule has 1 aliphatic rings. The van der Waals surface area contributed by atoms with Crippen LogP contribution in [0.25, 0.3) is 0 Å². The van der Waals surface area contributed by atoms with Crippen molar-refractivity contribution < 1.29 is 9.53 Å². The summed E-state index contributed by atoms with van der Waals surface area (Å²) in [5.74, 6) is 0.00783. The minimum Gasteiger partial charge on any atom is -0.380 e. The molecule has 1 aromatic rings. The topological polar surface area (TPSA) is 50.4 Å². The summed E-state index contributed by atoms with van der Waals surface area (Å²) in [6.45, 7) is 5.56. The lowest BCUT2D eigenvalue weighted by atomic mass is 9.95. The van der Waals surface area contributed by atoms with Gasteiger partial charge in [0, 0.05) is 25.3 Å². The standard InChI is InChI=1S/C14H20N2O2/c1-2-18-9-8-16-14(17)13-5-3-4-11-10-15-7-6-12(11)13/h3-5,15H,2,6-10H2,1H3,(H,16,17). The van der Waals surface area contributed by atoms with Crippen LogP contribution >= 0.6 is 0 Å².